The Balaban J connectivity index is 1.27. The van der Waals surface area contributed by atoms with E-state index in [0.29, 0.717) is 50.0 Å². The molecule has 0 unspecified atom stereocenters. The van der Waals surface area contributed by atoms with Gasteiger partial charge in [-0.1, -0.05) is 0 Å². The van der Waals surface area contributed by atoms with E-state index in [4.69, 9.17) is 0 Å². The monoisotopic (exact) mass is 400 g/mol. The number of aromatic amines is 1. The van der Waals surface area contributed by atoms with E-state index in [2.05, 4.69) is 25.6 Å². The number of rotatable bonds is 5. The number of amides is 2. The number of aliphatic hydroxyl groups excluding tert-OH is 1. The summed E-state index contributed by atoms with van der Waals surface area (Å²) in [5, 5.41) is 23.2. The molecule has 0 spiro atoms. The van der Waals surface area contributed by atoms with Crippen LogP contribution in [0.25, 0.3) is 11.0 Å². The van der Waals surface area contributed by atoms with Crippen LogP contribution in [0, 0.1) is 0 Å². The van der Waals surface area contributed by atoms with Crippen LogP contribution in [0.1, 0.15) is 42.5 Å². The van der Waals surface area contributed by atoms with Crippen molar-refractivity contribution in [2.24, 2.45) is 0 Å². The number of hydrogen-bond acceptors (Lipinski definition) is 6. The molecule has 2 aliphatic rings. The Morgan fingerprint density at radius 2 is 1.86 bits per heavy atom. The van der Waals surface area contributed by atoms with Gasteiger partial charge in [0.1, 0.15) is 11.0 Å². The number of nitrogens with zero attached hydrogens (tertiary/aromatic N) is 4. The van der Waals surface area contributed by atoms with Crippen LogP contribution in [-0.4, -0.2) is 87.0 Å². The predicted molar refractivity (Wildman–Crippen MR) is 107 cm³/mol. The van der Waals surface area contributed by atoms with Gasteiger partial charge in [-0.3, -0.25) is 14.5 Å². The molecular weight excluding hydrogens is 372 g/mol. The van der Waals surface area contributed by atoms with Crippen molar-refractivity contribution < 1.29 is 14.7 Å². The Labute approximate surface area is 169 Å². The molecule has 4 rings (SSSR count). The Bertz CT molecular complexity index is 876. The fourth-order valence-electron chi connectivity index (χ4n) is 4.32. The number of benzene rings is 1. The van der Waals surface area contributed by atoms with Gasteiger partial charge in [0.2, 0.25) is 5.91 Å². The van der Waals surface area contributed by atoms with Crippen molar-refractivity contribution >= 4 is 22.8 Å². The summed E-state index contributed by atoms with van der Waals surface area (Å²) in [5.74, 6) is 0.0362. The van der Waals surface area contributed by atoms with Gasteiger partial charge < -0.3 is 15.3 Å². The molecule has 2 fully saturated rings. The highest BCUT2D eigenvalue weighted by molar-refractivity contribution is 5.97. The molecule has 1 aromatic carbocycles. The zero-order chi connectivity index (χ0) is 20.4. The normalized spacial score (nSPS) is 23.6. The van der Waals surface area contributed by atoms with Crippen molar-refractivity contribution in [3.8, 4) is 0 Å². The molecule has 0 bridgehead atoms. The number of likely N-dealkylation sites (tertiary alicyclic amines) is 2. The first-order valence-corrected chi connectivity index (χ1v) is 10.3. The smallest absolute Gasteiger partial charge is 0.251 e. The molecule has 9 nitrogen and oxygen atoms in total. The van der Waals surface area contributed by atoms with Crippen molar-refractivity contribution in [3.05, 3.63) is 23.8 Å². The standard InChI is InChI=1S/C20H28N6O3/c1-25-14(11-19(28)26-8-6-16(27)7-9-26)3-4-15(25)12-21-20(29)13-2-5-17-18(10-13)23-24-22-17/h2,5,10,14-16,27H,3-4,6-9,11-12H2,1H3,(H,21,29)(H,22,23,24)/t14-,15+/m1/s1. The first-order chi connectivity index (χ1) is 14.0. The number of carbonyl (C=O) groups is 2. The van der Waals surface area contributed by atoms with Crippen LogP contribution < -0.4 is 5.32 Å². The van der Waals surface area contributed by atoms with E-state index in [0.717, 1.165) is 18.4 Å². The van der Waals surface area contributed by atoms with Crippen molar-refractivity contribution in [1.29, 1.82) is 0 Å². The molecule has 156 valence electrons. The lowest BCUT2D eigenvalue weighted by atomic mass is 10.1. The highest BCUT2D eigenvalue weighted by Crippen LogP contribution is 2.25. The molecule has 3 N–H and O–H groups in total. The van der Waals surface area contributed by atoms with E-state index in [9.17, 15) is 14.7 Å². The van der Waals surface area contributed by atoms with Gasteiger partial charge in [0.15, 0.2) is 0 Å². The number of H-pyrrole nitrogens is 1. The summed E-state index contributed by atoms with van der Waals surface area (Å²) in [5.41, 5.74) is 1.96. The molecule has 2 saturated heterocycles. The quantitative estimate of drug-likeness (QED) is 0.674. The molecule has 2 aromatic rings. The van der Waals surface area contributed by atoms with Crippen molar-refractivity contribution in [2.45, 2.75) is 50.3 Å². The molecule has 9 heteroatoms. The van der Waals surface area contributed by atoms with Gasteiger partial charge in [-0.05, 0) is 50.9 Å². The van der Waals surface area contributed by atoms with Gasteiger partial charge in [0, 0.05) is 43.7 Å². The molecule has 1 aromatic heterocycles. The van der Waals surface area contributed by atoms with E-state index >= 15 is 0 Å². The topological polar surface area (TPSA) is 114 Å². The highest BCUT2D eigenvalue weighted by atomic mass is 16.3. The number of hydrogen-bond donors (Lipinski definition) is 3. The molecule has 3 heterocycles. The predicted octanol–water partition coefficient (Wildman–Crippen LogP) is 0.524. The molecule has 2 aliphatic heterocycles. The molecular formula is C20H28N6O3. The van der Waals surface area contributed by atoms with E-state index in [1.54, 1.807) is 18.2 Å². The highest BCUT2D eigenvalue weighted by Gasteiger charge is 2.33. The Morgan fingerprint density at radius 1 is 1.14 bits per heavy atom. The minimum absolute atomic E-state index is 0.130. The lowest BCUT2D eigenvalue weighted by Crippen LogP contribution is -2.45. The summed E-state index contributed by atoms with van der Waals surface area (Å²) >= 11 is 0. The van der Waals surface area contributed by atoms with Crippen LogP contribution >= 0.6 is 0 Å². The maximum absolute atomic E-state index is 12.6. The number of fused-ring (bicyclic) bond motifs is 1. The largest absolute Gasteiger partial charge is 0.393 e. The fourth-order valence-corrected chi connectivity index (χ4v) is 4.32. The Kier molecular flexibility index (Phi) is 5.77. The summed E-state index contributed by atoms with van der Waals surface area (Å²) in [6.45, 7) is 1.84. The van der Waals surface area contributed by atoms with Gasteiger partial charge in [-0.2, -0.15) is 15.4 Å². The van der Waals surface area contributed by atoms with Gasteiger partial charge in [-0.15, -0.1) is 0 Å². The Hall–Kier alpha value is -2.52. The fraction of sp³-hybridized carbons (Fsp3) is 0.600. The minimum atomic E-state index is -0.272. The van der Waals surface area contributed by atoms with Crippen LogP contribution in [0.4, 0.5) is 0 Å². The first-order valence-electron chi connectivity index (χ1n) is 10.3. The number of piperidine rings is 1. The van der Waals surface area contributed by atoms with Crippen molar-refractivity contribution in [2.75, 3.05) is 26.7 Å². The summed E-state index contributed by atoms with van der Waals surface area (Å²) in [6, 6.07) is 5.66. The van der Waals surface area contributed by atoms with Crippen LogP contribution in [0.15, 0.2) is 18.2 Å². The lowest BCUT2D eigenvalue weighted by molar-refractivity contribution is -0.134. The number of carbonyl (C=O) groups excluding carboxylic acids is 2. The summed E-state index contributed by atoms with van der Waals surface area (Å²) < 4.78 is 0. The summed E-state index contributed by atoms with van der Waals surface area (Å²) in [6.07, 6.45) is 3.47. The third-order valence-corrected chi connectivity index (χ3v) is 6.29. The molecule has 0 saturated carbocycles. The van der Waals surface area contributed by atoms with E-state index in [1.165, 1.54) is 0 Å². The SMILES string of the molecule is CN1[C@@H](CC(=O)N2CCC(O)CC2)CC[C@H]1CNC(=O)c1ccc2n[nH]nc2c1. The van der Waals surface area contributed by atoms with E-state index < -0.39 is 0 Å². The van der Waals surface area contributed by atoms with Crippen LogP contribution in [-0.2, 0) is 4.79 Å². The maximum atomic E-state index is 12.6. The minimum Gasteiger partial charge on any atom is -0.393 e. The van der Waals surface area contributed by atoms with Gasteiger partial charge in [0.05, 0.1) is 6.10 Å². The van der Waals surface area contributed by atoms with E-state index in [-0.39, 0.29) is 30.0 Å². The summed E-state index contributed by atoms with van der Waals surface area (Å²) in [7, 11) is 2.03. The zero-order valence-corrected chi connectivity index (χ0v) is 16.7. The molecule has 0 aliphatic carbocycles. The van der Waals surface area contributed by atoms with Crippen LogP contribution in [0.2, 0.25) is 0 Å². The number of aromatic nitrogens is 3. The number of nitrogens with one attached hydrogen (secondary N) is 2. The second-order valence-corrected chi connectivity index (χ2v) is 8.10. The van der Waals surface area contributed by atoms with E-state index in [1.807, 2.05) is 11.9 Å². The summed E-state index contributed by atoms with van der Waals surface area (Å²) in [4.78, 5) is 29.2. The number of likely N-dealkylation sites (N-methyl/N-ethyl adjacent to an activating group) is 1. The molecule has 2 atom stereocenters. The van der Waals surface area contributed by atoms with Crippen LogP contribution in [0.5, 0.6) is 0 Å². The van der Waals surface area contributed by atoms with Crippen molar-refractivity contribution in [1.82, 2.24) is 30.5 Å². The van der Waals surface area contributed by atoms with Crippen molar-refractivity contribution in [3.63, 3.8) is 0 Å². The van der Waals surface area contributed by atoms with Gasteiger partial charge in [0.25, 0.3) is 5.91 Å². The number of aliphatic hydroxyl groups is 1. The van der Waals surface area contributed by atoms with Gasteiger partial charge >= 0.3 is 0 Å². The maximum Gasteiger partial charge on any atom is 0.251 e. The third-order valence-electron chi connectivity index (χ3n) is 6.29. The second-order valence-electron chi connectivity index (χ2n) is 8.10. The van der Waals surface area contributed by atoms with Crippen LogP contribution in [0.3, 0.4) is 0 Å². The molecule has 0 radical (unpaired) electrons. The average Bonchev–Trinajstić information content (AvgIpc) is 3.33. The molecule has 29 heavy (non-hydrogen) atoms. The third kappa shape index (κ3) is 4.40. The van der Waals surface area contributed by atoms with Gasteiger partial charge in [-0.25, -0.2) is 0 Å². The lowest BCUT2D eigenvalue weighted by Gasteiger charge is -2.32. The first kappa shape index (κ1) is 19.8. The average molecular weight is 400 g/mol. The molecule has 2 amide bonds. The zero-order valence-electron chi connectivity index (χ0n) is 16.7. The second kappa shape index (κ2) is 8.46. The Morgan fingerprint density at radius 3 is 2.66 bits per heavy atom.